The Kier molecular flexibility index (Phi) is 6.40. The number of benzene rings is 2. The molecule has 3 heterocycles. The highest BCUT2D eigenvalue weighted by atomic mass is 32.2. The molecule has 2 fully saturated rings. The number of hydrogen-bond donors (Lipinski definition) is 1. The predicted molar refractivity (Wildman–Crippen MR) is 130 cm³/mol. The quantitative estimate of drug-likeness (QED) is 0.353. The molecule has 0 radical (unpaired) electrons. The first kappa shape index (κ1) is 22.4. The Balaban J connectivity index is 1.56. The first-order chi connectivity index (χ1) is 16.0. The molecule has 1 aromatic heterocycles. The maximum atomic E-state index is 13.6. The Bertz CT molecular complexity index is 1240. The van der Waals surface area contributed by atoms with Crippen LogP contribution in [0.1, 0.15) is 26.2 Å². The summed E-state index contributed by atoms with van der Waals surface area (Å²) < 4.78 is 7.22. The van der Waals surface area contributed by atoms with Gasteiger partial charge in [-0.2, -0.15) is 0 Å². The molecule has 7 nitrogen and oxygen atoms in total. The smallest absolute Gasteiger partial charge is 0.262 e. The normalized spacial score (nSPS) is 20.5. The minimum atomic E-state index is -0.463. The first-order valence-electron chi connectivity index (χ1n) is 11.7. The molecule has 3 aromatic rings. The SMILES string of the molecule is CCn1c(SC(C(=O)N2CCC(O)C2)C2CCOCC2)nc2cc3ccccc3cc2c1=O. The molecule has 2 atom stereocenters. The third-order valence-electron chi connectivity index (χ3n) is 6.75. The molecule has 1 amide bonds. The summed E-state index contributed by atoms with van der Waals surface area (Å²) in [6.07, 6.45) is 1.75. The summed E-state index contributed by atoms with van der Waals surface area (Å²) in [4.78, 5) is 33.6. The van der Waals surface area contributed by atoms with E-state index in [2.05, 4.69) is 0 Å². The lowest BCUT2D eigenvalue weighted by Gasteiger charge is -2.32. The zero-order chi connectivity index (χ0) is 22.9. The number of aromatic nitrogens is 2. The molecule has 5 rings (SSSR count). The molecule has 2 aliphatic heterocycles. The molecular weight excluding hydrogens is 438 g/mol. The van der Waals surface area contributed by atoms with Crippen LogP contribution in [-0.4, -0.2) is 63.1 Å². The van der Waals surface area contributed by atoms with Gasteiger partial charge in [0.1, 0.15) is 0 Å². The Morgan fingerprint density at radius 1 is 1.21 bits per heavy atom. The number of ether oxygens (including phenoxy) is 1. The van der Waals surface area contributed by atoms with E-state index >= 15 is 0 Å². The van der Waals surface area contributed by atoms with Crippen molar-refractivity contribution in [2.75, 3.05) is 26.3 Å². The summed E-state index contributed by atoms with van der Waals surface area (Å²) in [5.41, 5.74) is 0.575. The second kappa shape index (κ2) is 9.44. The van der Waals surface area contributed by atoms with Gasteiger partial charge in [0.15, 0.2) is 5.16 Å². The van der Waals surface area contributed by atoms with E-state index in [0.717, 1.165) is 23.6 Å². The van der Waals surface area contributed by atoms with Gasteiger partial charge < -0.3 is 14.7 Å². The first-order valence-corrected chi connectivity index (χ1v) is 12.6. The molecule has 0 aliphatic carbocycles. The maximum absolute atomic E-state index is 13.6. The van der Waals surface area contributed by atoms with Gasteiger partial charge in [0, 0.05) is 32.8 Å². The van der Waals surface area contributed by atoms with E-state index in [1.54, 1.807) is 9.47 Å². The molecule has 174 valence electrons. The molecule has 2 saturated heterocycles. The van der Waals surface area contributed by atoms with Crippen LogP contribution in [0.4, 0.5) is 0 Å². The van der Waals surface area contributed by atoms with Crippen LogP contribution < -0.4 is 5.56 Å². The van der Waals surface area contributed by atoms with Gasteiger partial charge in [0.25, 0.3) is 5.56 Å². The van der Waals surface area contributed by atoms with Crippen molar-refractivity contribution in [3.05, 3.63) is 46.8 Å². The Hall–Kier alpha value is -2.42. The average Bonchev–Trinajstić information content (AvgIpc) is 3.28. The van der Waals surface area contributed by atoms with E-state index in [1.807, 2.05) is 43.3 Å². The van der Waals surface area contributed by atoms with Gasteiger partial charge in [0.2, 0.25) is 5.91 Å². The summed E-state index contributed by atoms with van der Waals surface area (Å²) in [5.74, 6) is 0.169. The predicted octanol–water partition coefficient (Wildman–Crippen LogP) is 3.05. The standard InChI is InChI=1S/C25H29N3O4S/c1-2-28-23(30)20-13-17-5-3-4-6-18(17)14-21(20)26-25(28)33-22(16-8-11-32-12-9-16)24(31)27-10-7-19(29)15-27/h3-6,13-14,16,19,22,29H,2,7-12,15H2,1H3. The lowest BCUT2D eigenvalue weighted by molar-refractivity contribution is -0.131. The molecule has 8 heteroatoms. The van der Waals surface area contributed by atoms with E-state index in [-0.39, 0.29) is 22.6 Å². The Morgan fingerprint density at radius 2 is 1.94 bits per heavy atom. The molecule has 2 unspecified atom stereocenters. The van der Waals surface area contributed by atoms with Gasteiger partial charge in [-0.3, -0.25) is 14.2 Å². The van der Waals surface area contributed by atoms with Gasteiger partial charge in [-0.25, -0.2) is 4.98 Å². The minimum Gasteiger partial charge on any atom is -0.391 e. The fraction of sp³-hybridized carbons (Fsp3) is 0.480. The highest BCUT2D eigenvalue weighted by Crippen LogP contribution is 2.35. The van der Waals surface area contributed by atoms with Crippen LogP contribution in [0.25, 0.3) is 21.7 Å². The fourth-order valence-corrected chi connectivity index (χ4v) is 6.29. The number of hydrogen-bond acceptors (Lipinski definition) is 6. The van der Waals surface area contributed by atoms with Crippen LogP contribution in [0.15, 0.2) is 46.3 Å². The highest BCUT2D eigenvalue weighted by Gasteiger charge is 2.37. The zero-order valence-corrected chi connectivity index (χ0v) is 19.6. The summed E-state index contributed by atoms with van der Waals surface area (Å²) in [6.45, 7) is 4.62. The molecular formula is C25H29N3O4S. The second-order valence-corrected chi connectivity index (χ2v) is 9.98. The number of nitrogens with zero attached hydrogens (tertiary/aromatic N) is 3. The van der Waals surface area contributed by atoms with Crippen LogP contribution >= 0.6 is 11.8 Å². The topological polar surface area (TPSA) is 84.7 Å². The number of β-amino-alcohol motifs (C(OH)–C–C–N with tert-alkyl or cyclic N) is 1. The van der Waals surface area contributed by atoms with Crippen molar-refractivity contribution in [2.45, 2.75) is 49.2 Å². The number of aliphatic hydroxyl groups excluding tert-OH is 1. The molecule has 1 N–H and O–H groups in total. The van der Waals surface area contributed by atoms with Crippen molar-refractivity contribution in [1.82, 2.24) is 14.5 Å². The number of amides is 1. The van der Waals surface area contributed by atoms with Crippen molar-refractivity contribution in [2.24, 2.45) is 5.92 Å². The number of thioether (sulfide) groups is 1. The van der Waals surface area contributed by atoms with Crippen LogP contribution in [0.2, 0.25) is 0 Å². The van der Waals surface area contributed by atoms with Gasteiger partial charge in [-0.1, -0.05) is 36.0 Å². The van der Waals surface area contributed by atoms with Crippen molar-refractivity contribution < 1.29 is 14.6 Å². The summed E-state index contributed by atoms with van der Waals surface area (Å²) >= 11 is 1.40. The van der Waals surface area contributed by atoms with Gasteiger partial charge >= 0.3 is 0 Å². The van der Waals surface area contributed by atoms with Crippen LogP contribution in [0.5, 0.6) is 0 Å². The van der Waals surface area contributed by atoms with E-state index in [0.29, 0.717) is 55.3 Å². The number of carbonyl (C=O) groups excluding carboxylic acids is 1. The third-order valence-corrected chi connectivity index (χ3v) is 8.11. The lowest BCUT2D eigenvalue weighted by atomic mass is 9.95. The van der Waals surface area contributed by atoms with Gasteiger partial charge in [0.05, 0.1) is 22.3 Å². The Morgan fingerprint density at radius 3 is 2.61 bits per heavy atom. The van der Waals surface area contributed by atoms with Crippen molar-refractivity contribution >= 4 is 39.3 Å². The largest absolute Gasteiger partial charge is 0.391 e. The third kappa shape index (κ3) is 4.39. The molecule has 0 saturated carbocycles. The summed E-state index contributed by atoms with van der Waals surface area (Å²) in [6, 6.07) is 11.8. The van der Waals surface area contributed by atoms with Crippen LogP contribution in [0.3, 0.4) is 0 Å². The van der Waals surface area contributed by atoms with E-state index in [1.165, 1.54) is 11.8 Å². The minimum absolute atomic E-state index is 0.0268. The van der Waals surface area contributed by atoms with Crippen LogP contribution in [0, 0.1) is 5.92 Å². The molecule has 2 aromatic carbocycles. The van der Waals surface area contributed by atoms with Crippen molar-refractivity contribution in [1.29, 1.82) is 0 Å². The van der Waals surface area contributed by atoms with E-state index in [4.69, 9.17) is 9.72 Å². The van der Waals surface area contributed by atoms with Gasteiger partial charge in [-0.05, 0) is 55.0 Å². The zero-order valence-electron chi connectivity index (χ0n) is 18.8. The maximum Gasteiger partial charge on any atom is 0.262 e. The fourth-order valence-electron chi connectivity index (χ4n) is 4.86. The molecule has 2 aliphatic rings. The molecule has 0 bridgehead atoms. The number of fused-ring (bicyclic) bond motifs is 2. The highest BCUT2D eigenvalue weighted by molar-refractivity contribution is 8.00. The number of likely N-dealkylation sites (tertiary alicyclic amines) is 1. The number of aliphatic hydroxyl groups is 1. The van der Waals surface area contributed by atoms with Crippen molar-refractivity contribution in [3.8, 4) is 0 Å². The van der Waals surface area contributed by atoms with E-state index < -0.39 is 6.10 Å². The van der Waals surface area contributed by atoms with Crippen LogP contribution in [-0.2, 0) is 16.1 Å². The number of carbonyl (C=O) groups is 1. The van der Waals surface area contributed by atoms with Crippen molar-refractivity contribution in [3.63, 3.8) is 0 Å². The summed E-state index contributed by atoms with van der Waals surface area (Å²) in [5, 5.41) is 12.8. The monoisotopic (exact) mass is 467 g/mol. The van der Waals surface area contributed by atoms with E-state index in [9.17, 15) is 14.7 Å². The molecule has 0 spiro atoms. The average molecular weight is 468 g/mol. The Labute approximate surface area is 196 Å². The molecule has 33 heavy (non-hydrogen) atoms. The summed E-state index contributed by atoms with van der Waals surface area (Å²) in [7, 11) is 0. The number of rotatable bonds is 5. The lowest BCUT2D eigenvalue weighted by Crippen LogP contribution is -2.42. The van der Waals surface area contributed by atoms with Gasteiger partial charge in [-0.15, -0.1) is 0 Å². The second-order valence-electron chi connectivity index (χ2n) is 8.88.